The van der Waals surface area contributed by atoms with Gasteiger partial charge in [-0.2, -0.15) is 0 Å². The Labute approximate surface area is 116 Å². The Balaban J connectivity index is 2.63. The largest absolute Gasteiger partial charge is 0.480 e. The fraction of sp³-hybridized carbons (Fsp3) is 0.385. The summed E-state index contributed by atoms with van der Waals surface area (Å²) in [5.41, 5.74) is 0.599. The van der Waals surface area contributed by atoms with E-state index in [1.807, 2.05) is 6.07 Å². The first-order valence-electron chi connectivity index (χ1n) is 5.79. The fourth-order valence-electron chi connectivity index (χ4n) is 1.45. The van der Waals surface area contributed by atoms with E-state index in [1.165, 1.54) is 16.7 Å². The van der Waals surface area contributed by atoms with E-state index in [-0.39, 0.29) is 18.2 Å². The molecule has 5 nitrogen and oxygen atoms in total. The maximum atomic E-state index is 12.0. The fourth-order valence-corrected chi connectivity index (χ4v) is 2.21. The number of carboxylic acids is 1. The summed E-state index contributed by atoms with van der Waals surface area (Å²) in [6.07, 6.45) is 0. The predicted octanol–water partition coefficient (Wildman–Crippen LogP) is 1.48. The van der Waals surface area contributed by atoms with Crippen LogP contribution in [0.5, 0.6) is 0 Å². The zero-order chi connectivity index (χ0) is 14.1. The molecule has 0 spiro atoms. The third kappa shape index (κ3) is 5.76. The van der Waals surface area contributed by atoms with Crippen molar-refractivity contribution in [2.75, 3.05) is 36.7 Å². The number of benzene rings is 1. The van der Waals surface area contributed by atoms with Gasteiger partial charge in [-0.15, -0.1) is 11.8 Å². The molecule has 0 unspecified atom stereocenters. The van der Waals surface area contributed by atoms with Gasteiger partial charge in [0.25, 0.3) is 0 Å². The minimum atomic E-state index is -1.03. The van der Waals surface area contributed by atoms with Crippen LogP contribution in [0.1, 0.15) is 0 Å². The lowest BCUT2D eigenvalue weighted by atomic mass is 10.3. The van der Waals surface area contributed by atoms with E-state index >= 15 is 0 Å². The first-order valence-corrected chi connectivity index (χ1v) is 6.94. The zero-order valence-electron chi connectivity index (χ0n) is 10.7. The molecule has 0 fully saturated rings. The molecule has 0 saturated heterocycles. The number of rotatable bonds is 8. The summed E-state index contributed by atoms with van der Waals surface area (Å²) in [5.74, 6) is -0.294. The molecule has 0 saturated carbocycles. The van der Waals surface area contributed by atoms with Crippen molar-refractivity contribution < 1.29 is 19.4 Å². The molecule has 1 amide bonds. The second kappa shape index (κ2) is 8.55. The average molecular weight is 283 g/mol. The molecule has 19 heavy (non-hydrogen) atoms. The highest BCUT2D eigenvalue weighted by Crippen LogP contribution is 2.15. The molecule has 6 heteroatoms. The molecule has 1 aromatic carbocycles. The summed E-state index contributed by atoms with van der Waals surface area (Å²) in [7, 11) is 1.60. The lowest BCUT2D eigenvalue weighted by Crippen LogP contribution is -2.37. The monoisotopic (exact) mass is 283 g/mol. The SMILES string of the molecule is COCCSCC(=O)N(CC(=O)O)c1ccccc1. The van der Waals surface area contributed by atoms with Crippen molar-refractivity contribution in [3.63, 3.8) is 0 Å². The summed E-state index contributed by atoms with van der Waals surface area (Å²) in [4.78, 5) is 24.2. The molecule has 1 N–H and O–H groups in total. The van der Waals surface area contributed by atoms with Gasteiger partial charge in [-0.1, -0.05) is 18.2 Å². The highest BCUT2D eigenvalue weighted by Gasteiger charge is 2.18. The quantitative estimate of drug-likeness (QED) is 0.732. The van der Waals surface area contributed by atoms with Crippen molar-refractivity contribution >= 4 is 29.3 Å². The van der Waals surface area contributed by atoms with Crippen molar-refractivity contribution in [1.82, 2.24) is 0 Å². The summed E-state index contributed by atoms with van der Waals surface area (Å²) in [6, 6.07) is 8.81. The predicted molar refractivity (Wildman–Crippen MR) is 75.6 cm³/mol. The van der Waals surface area contributed by atoms with E-state index in [2.05, 4.69) is 0 Å². The van der Waals surface area contributed by atoms with Gasteiger partial charge in [0.15, 0.2) is 0 Å². The molecule has 0 heterocycles. The van der Waals surface area contributed by atoms with Gasteiger partial charge in [0.05, 0.1) is 12.4 Å². The van der Waals surface area contributed by atoms with Crippen molar-refractivity contribution in [2.45, 2.75) is 0 Å². The maximum absolute atomic E-state index is 12.0. The van der Waals surface area contributed by atoms with Gasteiger partial charge in [0.1, 0.15) is 6.54 Å². The third-order valence-electron chi connectivity index (χ3n) is 2.32. The highest BCUT2D eigenvalue weighted by molar-refractivity contribution is 7.99. The van der Waals surface area contributed by atoms with E-state index in [0.29, 0.717) is 18.0 Å². The van der Waals surface area contributed by atoms with Gasteiger partial charge in [-0.25, -0.2) is 0 Å². The van der Waals surface area contributed by atoms with Gasteiger partial charge >= 0.3 is 5.97 Å². The van der Waals surface area contributed by atoms with Crippen LogP contribution in [0, 0.1) is 0 Å². The molecular formula is C13H17NO4S. The van der Waals surface area contributed by atoms with Gasteiger partial charge in [-0.3, -0.25) is 9.59 Å². The van der Waals surface area contributed by atoms with Crippen LogP contribution in [0.3, 0.4) is 0 Å². The lowest BCUT2D eigenvalue weighted by molar-refractivity contribution is -0.136. The molecule has 0 atom stereocenters. The maximum Gasteiger partial charge on any atom is 0.323 e. The van der Waals surface area contributed by atoms with Crippen LogP contribution in [-0.2, 0) is 14.3 Å². The Morgan fingerprint density at radius 3 is 2.58 bits per heavy atom. The van der Waals surface area contributed by atoms with Crippen LogP contribution in [0.25, 0.3) is 0 Å². The molecular weight excluding hydrogens is 266 g/mol. The number of thioether (sulfide) groups is 1. The van der Waals surface area contributed by atoms with Gasteiger partial charge in [0, 0.05) is 18.6 Å². The summed E-state index contributed by atoms with van der Waals surface area (Å²) >= 11 is 1.43. The molecule has 0 radical (unpaired) electrons. The smallest absolute Gasteiger partial charge is 0.323 e. The third-order valence-corrected chi connectivity index (χ3v) is 3.23. The molecule has 0 aromatic heterocycles. The van der Waals surface area contributed by atoms with Crippen molar-refractivity contribution in [1.29, 1.82) is 0 Å². The van der Waals surface area contributed by atoms with Crippen molar-refractivity contribution in [3.05, 3.63) is 30.3 Å². The van der Waals surface area contributed by atoms with E-state index in [9.17, 15) is 9.59 Å². The molecule has 0 aliphatic carbocycles. The van der Waals surface area contributed by atoms with E-state index < -0.39 is 5.97 Å². The number of ether oxygens (including phenoxy) is 1. The number of hydrogen-bond acceptors (Lipinski definition) is 4. The number of amides is 1. The second-order valence-electron chi connectivity index (χ2n) is 3.75. The Kier molecular flexibility index (Phi) is 6.99. The number of aliphatic carboxylic acids is 1. The standard InChI is InChI=1S/C13H17NO4S/c1-18-7-8-19-10-12(15)14(9-13(16)17)11-5-3-2-4-6-11/h2-6H,7-10H2,1H3,(H,16,17). The van der Waals surface area contributed by atoms with Gasteiger partial charge in [0.2, 0.25) is 5.91 Å². The first kappa shape index (κ1) is 15.5. The molecule has 1 rings (SSSR count). The van der Waals surface area contributed by atoms with Crippen LogP contribution in [-0.4, -0.2) is 48.8 Å². The molecule has 0 aliphatic heterocycles. The Morgan fingerprint density at radius 2 is 2.00 bits per heavy atom. The van der Waals surface area contributed by atoms with Crippen molar-refractivity contribution in [3.8, 4) is 0 Å². The molecule has 0 aliphatic rings. The Bertz CT molecular complexity index is 410. The first-order chi connectivity index (χ1) is 9.15. The van der Waals surface area contributed by atoms with Crippen LogP contribution >= 0.6 is 11.8 Å². The molecule has 1 aromatic rings. The number of carbonyl (C=O) groups is 2. The number of methoxy groups -OCH3 is 1. The Morgan fingerprint density at radius 1 is 1.32 bits per heavy atom. The lowest BCUT2D eigenvalue weighted by Gasteiger charge is -2.20. The summed E-state index contributed by atoms with van der Waals surface area (Å²) in [6.45, 7) is 0.246. The minimum absolute atomic E-state index is 0.213. The van der Waals surface area contributed by atoms with Crippen LogP contribution in [0.15, 0.2) is 30.3 Å². The number of para-hydroxylation sites is 1. The zero-order valence-corrected chi connectivity index (χ0v) is 11.6. The Hall–Kier alpha value is -1.53. The topological polar surface area (TPSA) is 66.8 Å². The molecule has 104 valence electrons. The number of carbonyl (C=O) groups excluding carboxylic acids is 1. The van der Waals surface area contributed by atoms with Crippen LogP contribution < -0.4 is 4.90 Å². The average Bonchev–Trinajstić information content (AvgIpc) is 2.41. The molecule has 0 bridgehead atoms. The number of carboxylic acid groups (broad SMARTS) is 1. The van der Waals surface area contributed by atoms with E-state index in [4.69, 9.17) is 9.84 Å². The van der Waals surface area contributed by atoms with Crippen LogP contribution in [0.2, 0.25) is 0 Å². The number of anilines is 1. The second-order valence-corrected chi connectivity index (χ2v) is 4.86. The summed E-state index contributed by atoms with van der Waals surface area (Å²) in [5, 5.41) is 8.88. The van der Waals surface area contributed by atoms with Gasteiger partial charge in [-0.05, 0) is 12.1 Å². The summed E-state index contributed by atoms with van der Waals surface area (Å²) < 4.78 is 4.89. The minimum Gasteiger partial charge on any atom is -0.480 e. The van der Waals surface area contributed by atoms with Crippen molar-refractivity contribution in [2.24, 2.45) is 0 Å². The highest BCUT2D eigenvalue weighted by atomic mass is 32.2. The number of hydrogen-bond donors (Lipinski definition) is 1. The van der Waals surface area contributed by atoms with E-state index in [0.717, 1.165) is 0 Å². The normalized spacial score (nSPS) is 10.2. The number of nitrogens with zero attached hydrogens (tertiary/aromatic N) is 1. The van der Waals surface area contributed by atoms with Crippen LogP contribution in [0.4, 0.5) is 5.69 Å². The van der Waals surface area contributed by atoms with E-state index in [1.54, 1.807) is 31.4 Å². The van der Waals surface area contributed by atoms with Gasteiger partial charge < -0.3 is 14.7 Å².